The van der Waals surface area contributed by atoms with Crippen LogP contribution in [0.25, 0.3) is 16.9 Å². The molecule has 184 valence electrons. The number of fused-ring (bicyclic) bond motifs is 1. The molecule has 2 radical (unpaired) electrons. The van der Waals surface area contributed by atoms with E-state index in [1.54, 1.807) is 10.6 Å². The molecule has 1 N–H and O–H groups in total. The molecule has 0 amide bonds. The van der Waals surface area contributed by atoms with E-state index in [1.807, 2.05) is 24.3 Å². The highest BCUT2D eigenvalue weighted by Gasteiger charge is 2.31. The highest BCUT2D eigenvalue weighted by molar-refractivity contribution is 7.89. The molecule has 7 nitrogen and oxygen atoms in total. The Balaban J connectivity index is 1.37. The molecule has 0 saturated carbocycles. The molecule has 1 atom stereocenters. The lowest BCUT2D eigenvalue weighted by Gasteiger charge is -2.32. The van der Waals surface area contributed by atoms with Crippen LogP contribution in [0.2, 0.25) is 5.02 Å². The molecule has 3 heterocycles. The minimum Gasteiger partial charge on any atom is -0.370 e. The van der Waals surface area contributed by atoms with Gasteiger partial charge in [-0.3, -0.25) is 0 Å². The van der Waals surface area contributed by atoms with Crippen LogP contribution in [-0.4, -0.2) is 54.8 Å². The summed E-state index contributed by atoms with van der Waals surface area (Å²) in [5, 5.41) is 8.21. The van der Waals surface area contributed by atoms with E-state index in [0.29, 0.717) is 47.2 Å². The summed E-state index contributed by atoms with van der Waals surface area (Å²) >= 11 is 6.38. The van der Waals surface area contributed by atoms with Crippen molar-refractivity contribution in [1.29, 1.82) is 0 Å². The molecule has 1 saturated heterocycles. The maximum Gasteiger partial charge on any atom is 0.243 e. The fourth-order valence-corrected chi connectivity index (χ4v) is 6.16. The van der Waals surface area contributed by atoms with Crippen LogP contribution in [0.5, 0.6) is 0 Å². The van der Waals surface area contributed by atoms with Gasteiger partial charge in [-0.1, -0.05) is 29.8 Å². The number of aromatic nitrogens is 3. The minimum absolute atomic E-state index is 0.0290. The first-order chi connectivity index (χ1) is 17.2. The molecule has 0 bridgehead atoms. The number of nitrogens with zero attached hydrogens (tertiary/aromatic N) is 4. The smallest absolute Gasteiger partial charge is 0.243 e. The van der Waals surface area contributed by atoms with E-state index < -0.39 is 21.7 Å². The zero-order chi connectivity index (χ0) is 25.4. The van der Waals surface area contributed by atoms with E-state index in [9.17, 15) is 17.2 Å². The van der Waals surface area contributed by atoms with Crippen molar-refractivity contribution >= 4 is 46.4 Å². The Bertz CT molecular complexity index is 1550. The summed E-state index contributed by atoms with van der Waals surface area (Å²) in [6, 6.07) is 11.8. The largest absolute Gasteiger partial charge is 0.370 e. The van der Waals surface area contributed by atoms with Gasteiger partial charge in [-0.25, -0.2) is 22.2 Å². The summed E-state index contributed by atoms with van der Waals surface area (Å²) < 4.78 is 56.0. The van der Waals surface area contributed by atoms with Gasteiger partial charge in [0.15, 0.2) is 17.3 Å². The van der Waals surface area contributed by atoms with Gasteiger partial charge in [0.05, 0.1) is 10.6 Å². The van der Waals surface area contributed by atoms with Crippen LogP contribution in [0, 0.1) is 17.6 Å². The number of hydrogen-bond acceptors (Lipinski definition) is 5. The third-order valence-corrected chi connectivity index (χ3v) is 8.42. The minimum atomic E-state index is -3.96. The van der Waals surface area contributed by atoms with E-state index in [2.05, 4.69) is 15.4 Å². The van der Waals surface area contributed by atoms with Crippen molar-refractivity contribution in [3.8, 4) is 11.3 Å². The molecule has 36 heavy (non-hydrogen) atoms. The summed E-state index contributed by atoms with van der Waals surface area (Å²) in [6.07, 6.45) is 2.95. The molecule has 1 fully saturated rings. The molecule has 1 unspecified atom stereocenters. The molecular weight excluding hydrogens is 507 g/mol. The van der Waals surface area contributed by atoms with Crippen molar-refractivity contribution in [2.75, 3.05) is 25.0 Å². The number of piperidine rings is 1. The second-order valence-electron chi connectivity index (χ2n) is 8.67. The number of sulfonamides is 1. The Kier molecular flexibility index (Phi) is 6.71. The molecule has 1 aliphatic heterocycles. The second kappa shape index (κ2) is 9.80. The van der Waals surface area contributed by atoms with Crippen molar-refractivity contribution in [3.05, 3.63) is 71.4 Å². The summed E-state index contributed by atoms with van der Waals surface area (Å²) in [5.74, 6) is -1.68. The van der Waals surface area contributed by atoms with Gasteiger partial charge in [0.1, 0.15) is 13.7 Å². The molecule has 1 aliphatic rings. The Morgan fingerprint density at radius 1 is 1.14 bits per heavy atom. The SMILES string of the molecule is [B]c1cnn2c(NCC3CCCN(S(=O)(=O)c4ccc(F)c(F)c4)C3)cc(-c3ccccc3Cl)nc12. The average Bonchev–Trinajstić information content (AvgIpc) is 3.25. The third kappa shape index (κ3) is 4.70. The first-order valence-corrected chi connectivity index (χ1v) is 13.1. The number of benzene rings is 2. The van der Waals surface area contributed by atoms with Crippen LogP contribution in [-0.2, 0) is 10.0 Å². The standard InChI is InChI=1S/C24H21BClF2N5O2S/c25-18-13-30-33-23(11-22(31-24(18)33)17-5-1-2-6-19(17)26)29-12-15-4-3-9-32(14-15)36(34,35)16-7-8-20(27)21(28)10-16/h1-2,5-8,10-11,13,15,29H,3-4,9,12,14H2. The molecular formula is C24H21BClF2N5O2S. The van der Waals surface area contributed by atoms with E-state index in [1.165, 1.54) is 10.5 Å². The summed E-state index contributed by atoms with van der Waals surface area (Å²) in [4.78, 5) is 4.36. The van der Waals surface area contributed by atoms with Crippen LogP contribution >= 0.6 is 11.6 Å². The van der Waals surface area contributed by atoms with Crippen molar-refractivity contribution in [3.63, 3.8) is 0 Å². The lowest BCUT2D eigenvalue weighted by molar-refractivity contribution is 0.275. The van der Waals surface area contributed by atoms with Crippen molar-refractivity contribution < 1.29 is 17.2 Å². The predicted molar refractivity (Wildman–Crippen MR) is 135 cm³/mol. The quantitative estimate of drug-likeness (QED) is 0.388. The van der Waals surface area contributed by atoms with E-state index in [4.69, 9.17) is 19.4 Å². The molecule has 5 rings (SSSR count). The molecule has 0 spiro atoms. The molecule has 0 aliphatic carbocycles. The zero-order valence-electron chi connectivity index (χ0n) is 19.0. The van der Waals surface area contributed by atoms with Gasteiger partial charge < -0.3 is 5.32 Å². The van der Waals surface area contributed by atoms with Crippen molar-refractivity contribution in [2.24, 2.45) is 5.92 Å². The van der Waals surface area contributed by atoms with Crippen LogP contribution in [0.4, 0.5) is 14.6 Å². The Morgan fingerprint density at radius 2 is 1.94 bits per heavy atom. The highest BCUT2D eigenvalue weighted by Crippen LogP contribution is 2.29. The molecule has 12 heteroatoms. The van der Waals surface area contributed by atoms with E-state index in [-0.39, 0.29) is 17.4 Å². The van der Waals surface area contributed by atoms with Gasteiger partial charge in [0.2, 0.25) is 10.0 Å². The lowest BCUT2D eigenvalue weighted by atomic mass is 9.99. The molecule has 4 aromatic rings. The number of nitrogens with one attached hydrogen (secondary N) is 1. The van der Waals surface area contributed by atoms with Crippen LogP contribution < -0.4 is 10.8 Å². The van der Waals surface area contributed by atoms with Gasteiger partial charge in [0.25, 0.3) is 0 Å². The summed E-state index contributed by atoms with van der Waals surface area (Å²) in [5.41, 5.74) is 2.25. The topological polar surface area (TPSA) is 79.6 Å². The maximum atomic E-state index is 13.7. The highest BCUT2D eigenvalue weighted by atomic mass is 35.5. The van der Waals surface area contributed by atoms with Gasteiger partial charge in [-0.05, 0) is 48.5 Å². The lowest BCUT2D eigenvalue weighted by Crippen LogP contribution is -2.41. The first kappa shape index (κ1) is 24.7. The number of halogens is 3. The number of hydrogen-bond donors (Lipinski definition) is 1. The van der Waals surface area contributed by atoms with Gasteiger partial charge in [-0.15, -0.1) is 0 Å². The number of anilines is 1. The van der Waals surface area contributed by atoms with Crippen LogP contribution in [0.1, 0.15) is 12.8 Å². The summed E-state index contributed by atoms with van der Waals surface area (Å²) in [7, 11) is 2.12. The Labute approximate surface area is 213 Å². The van der Waals surface area contributed by atoms with Gasteiger partial charge in [-0.2, -0.15) is 13.9 Å². The first-order valence-electron chi connectivity index (χ1n) is 11.3. The molecule has 2 aromatic heterocycles. The summed E-state index contributed by atoms with van der Waals surface area (Å²) in [6.45, 7) is 0.996. The zero-order valence-corrected chi connectivity index (χ0v) is 20.6. The average molecular weight is 528 g/mol. The van der Waals surface area contributed by atoms with E-state index in [0.717, 1.165) is 30.2 Å². The number of rotatable bonds is 6. The Hall–Kier alpha value is -3.02. The fourth-order valence-electron chi connectivity index (χ4n) is 4.36. The van der Waals surface area contributed by atoms with E-state index >= 15 is 0 Å². The normalized spacial score (nSPS) is 16.9. The molecule has 2 aromatic carbocycles. The third-order valence-electron chi connectivity index (χ3n) is 6.23. The van der Waals surface area contributed by atoms with Crippen molar-refractivity contribution in [1.82, 2.24) is 18.9 Å². The maximum absolute atomic E-state index is 13.7. The van der Waals surface area contributed by atoms with Crippen molar-refractivity contribution in [2.45, 2.75) is 17.7 Å². The van der Waals surface area contributed by atoms with Gasteiger partial charge >= 0.3 is 0 Å². The predicted octanol–water partition coefficient (Wildman–Crippen LogP) is 3.63. The monoisotopic (exact) mass is 527 g/mol. The van der Waals surface area contributed by atoms with Gasteiger partial charge in [0, 0.05) is 42.5 Å². The van der Waals surface area contributed by atoms with Crippen LogP contribution in [0.15, 0.2) is 59.6 Å². The van der Waals surface area contributed by atoms with Crippen LogP contribution in [0.3, 0.4) is 0 Å². The Morgan fingerprint density at radius 3 is 2.72 bits per heavy atom. The second-order valence-corrected chi connectivity index (χ2v) is 11.0. The fraction of sp³-hybridized carbons (Fsp3) is 0.250.